The van der Waals surface area contributed by atoms with Crippen LogP contribution in [0.3, 0.4) is 0 Å². The molecule has 2 aromatic carbocycles. The van der Waals surface area contributed by atoms with Crippen LogP contribution in [0.15, 0.2) is 53.7 Å². The van der Waals surface area contributed by atoms with Crippen molar-refractivity contribution >= 4 is 34.9 Å². The number of ether oxygens (including phenoxy) is 4. The fraction of sp³-hybridized carbons (Fsp3) is 0.320. The van der Waals surface area contributed by atoms with Gasteiger partial charge in [0.1, 0.15) is 6.61 Å². The van der Waals surface area contributed by atoms with Crippen molar-refractivity contribution in [3.63, 3.8) is 0 Å². The van der Waals surface area contributed by atoms with Gasteiger partial charge in [-0.05, 0) is 62.0 Å². The molecule has 2 N–H and O–H groups in total. The summed E-state index contributed by atoms with van der Waals surface area (Å²) in [6, 6.07) is 11.7. The Labute approximate surface area is 209 Å². The largest absolute Gasteiger partial charge is 0.460 e. The molecule has 2 aromatic rings. The standard InChI is InChI=1S/C25H27N3O6S/c1-4-28-15(2)21(24(30)32-11-10-31-3)22(27-25(28)35)16-6-5-7-18(12-16)26-23(29)17-8-9-19-20(13-17)34-14-33-19/h5-9,12-13,22H,4,10-11,14H2,1-3H3,(H,26,29)(H,27,35)/t22-/m0/s1. The van der Waals surface area contributed by atoms with Gasteiger partial charge >= 0.3 is 5.97 Å². The summed E-state index contributed by atoms with van der Waals surface area (Å²) >= 11 is 5.55. The van der Waals surface area contributed by atoms with Crippen LogP contribution in [0.1, 0.15) is 35.8 Å². The molecular formula is C25H27N3O6S. The highest BCUT2D eigenvalue weighted by atomic mass is 32.1. The van der Waals surface area contributed by atoms with Gasteiger partial charge in [-0.25, -0.2) is 4.79 Å². The average molecular weight is 498 g/mol. The third kappa shape index (κ3) is 5.23. The molecule has 0 saturated carbocycles. The van der Waals surface area contributed by atoms with Crippen LogP contribution in [0.4, 0.5) is 5.69 Å². The van der Waals surface area contributed by atoms with Crippen molar-refractivity contribution in [3.05, 3.63) is 64.9 Å². The zero-order chi connectivity index (χ0) is 24.9. The average Bonchev–Trinajstić information content (AvgIpc) is 3.32. The van der Waals surface area contributed by atoms with E-state index in [4.69, 9.17) is 31.2 Å². The minimum Gasteiger partial charge on any atom is -0.460 e. The first-order valence-corrected chi connectivity index (χ1v) is 11.6. The second-order valence-electron chi connectivity index (χ2n) is 7.90. The number of anilines is 1. The van der Waals surface area contributed by atoms with Crippen LogP contribution < -0.4 is 20.1 Å². The Balaban J connectivity index is 1.59. The van der Waals surface area contributed by atoms with E-state index < -0.39 is 12.0 Å². The van der Waals surface area contributed by atoms with Crippen molar-refractivity contribution in [2.45, 2.75) is 19.9 Å². The number of carbonyl (C=O) groups is 2. The van der Waals surface area contributed by atoms with Gasteiger partial charge in [-0.3, -0.25) is 4.79 Å². The maximum Gasteiger partial charge on any atom is 0.338 e. The predicted octanol–water partition coefficient (Wildman–Crippen LogP) is 3.38. The highest BCUT2D eigenvalue weighted by Crippen LogP contribution is 2.34. The third-order valence-corrected chi connectivity index (χ3v) is 6.10. The number of amides is 1. The van der Waals surface area contributed by atoms with Gasteiger partial charge in [0.05, 0.1) is 18.2 Å². The fourth-order valence-corrected chi connectivity index (χ4v) is 4.39. The molecule has 184 valence electrons. The molecule has 2 heterocycles. The number of esters is 1. The van der Waals surface area contributed by atoms with Crippen molar-refractivity contribution in [2.75, 3.05) is 39.0 Å². The SMILES string of the molecule is CCN1C(=S)N[C@@H](c2cccc(NC(=O)c3ccc4c(c3)OCO4)c2)C(C(=O)OCCOC)=C1C. The minimum absolute atomic E-state index is 0.136. The maximum atomic E-state index is 13.0. The number of nitrogens with zero attached hydrogens (tertiary/aromatic N) is 1. The van der Waals surface area contributed by atoms with E-state index in [1.807, 2.05) is 36.9 Å². The van der Waals surface area contributed by atoms with Crippen molar-refractivity contribution in [1.29, 1.82) is 0 Å². The summed E-state index contributed by atoms with van der Waals surface area (Å²) in [4.78, 5) is 27.8. The van der Waals surface area contributed by atoms with E-state index in [1.165, 1.54) is 0 Å². The summed E-state index contributed by atoms with van der Waals surface area (Å²) in [6.07, 6.45) is 0. The van der Waals surface area contributed by atoms with E-state index in [0.717, 1.165) is 11.3 Å². The number of hydrogen-bond donors (Lipinski definition) is 2. The smallest absolute Gasteiger partial charge is 0.338 e. The van der Waals surface area contributed by atoms with Crippen LogP contribution in [-0.2, 0) is 14.3 Å². The molecule has 9 nitrogen and oxygen atoms in total. The monoisotopic (exact) mass is 497 g/mol. The Morgan fingerprint density at radius 1 is 1.17 bits per heavy atom. The lowest BCUT2D eigenvalue weighted by Gasteiger charge is -2.37. The molecule has 35 heavy (non-hydrogen) atoms. The molecule has 0 spiro atoms. The summed E-state index contributed by atoms with van der Waals surface area (Å²) in [5.74, 6) is 0.392. The zero-order valence-electron chi connectivity index (χ0n) is 19.8. The number of allylic oxidation sites excluding steroid dienone is 1. The summed E-state index contributed by atoms with van der Waals surface area (Å²) in [6.45, 7) is 4.98. The Bertz CT molecular complexity index is 1180. The van der Waals surface area contributed by atoms with Crippen LogP contribution in [-0.4, -0.2) is 55.6 Å². The van der Waals surface area contributed by atoms with E-state index in [9.17, 15) is 9.59 Å². The number of carbonyl (C=O) groups excluding carboxylic acids is 2. The molecule has 0 unspecified atom stereocenters. The van der Waals surface area contributed by atoms with E-state index in [-0.39, 0.29) is 19.3 Å². The van der Waals surface area contributed by atoms with Gasteiger partial charge in [-0.2, -0.15) is 0 Å². The zero-order valence-corrected chi connectivity index (χ0v) is 20.6. The second kappa shape index (κ2) is 10.7. The highest BCUT2D eigenvalue weighted by Gasteiger charge is 2.34. The van der Waals surface area contributed by atoms with Crippen molar-refractivity contribution < 1.29 is 28.5 Å². The molecule has 10 heteroatoms. The molecule has 4 rings (SSSR count). The number of thiocarbonyl (C=S) groups is 1. The Hall–Kier alpha value is -3.63. The Kier molecular flexibility index (Phi) is 7.52. The maximum absolute atomic E-state index is 13.0. The Morgan fingerprint density at radius 3 is 2.74 bits per heavy atom. The van der Waals surface area contributed by atoms with E-state index in [1.54, 1.807) is 31.4 Å². The molecule has 2 aliphatic rings. The lowest BCUT2D eigenvalue weighted by atomic mass is 9.94. The number of nitrogens with one attached hydrogen (secondary N) is 2. The molecule has 0 aliphatic carbocycles. The lowest BCUT2D eigenvalue weighted by Crippen LogP contribution is -2.47. The number of methoxy groups -OCH3 is 1. The first-order valence-electron chi connectivity index (χ1n) is 11.2. The fourth-order valence-electron chi connectivity index (χ4n) is 4.01. The first-order chi connectivity index (χ1) is 16.9. The van der Waals surface area contributed by atoms with E-state index >= 15 is 0 Å². The second-order valence-corrected chi connectivity index (χ2v) is 8.29. The molecule has 1 amide bonds. The molecule has 0 fully saturated rings. The summed E-state index contributed by atoms with van der Waals surface area (Å²) < 4.78 is 21.1. The van der Waals surface area contributed by atoms with E-state index in [2.05, 4.69) is 10.6 Å². The Morgan fingerprint density at radius 2 is 1.97 bits per heavy atom. The van der Waals surface area contributed by atoms with Gasteiger partial charge < -0.3 is 34.5 Å². The quantitative estimate of drug-likeness (QED) is 0.323. The van der Waals surface area contributed by atoms with Gasteiger partial charge in [0.25, 0.3) is 5.91 Å². The van der Waals surface area contributed by atoms with Crippen molar-refractivity contribution in [3.8, 4) is 11.5 Å². The number of rotatable bonds is 8. The summed E-state index contributed by atoms with van der Waals surface area (Å²) in [7, 11) is 1.55. The van der Waals surface area contributed by atoms with E-state index in [0.29, 0.717) is 46.6 Å². The van der Waals surface area contributed by atoms with Crippen molar-refractivity contribution in [2.24, 2.45) is 0 Å². The molecule has 0 aromatic heterocycles. The minimum atomic E-state index is -0.539. The molecule has 2 aliphatic heterocycles. The van der Waals surface area contributed by atoms with Gasteiger partial charge in [-0.1, -0.05) is 12.1 Å². The first kappa shape index (κ1) is 24.5. The normalized spacial score (nSPS) is 16.7. The molecule has 1 atom stereocenters. The molecule has 0 saturated heterocycles. The molecule has 0 radical (unpaired) electrons. The van der Waals surface area contributed by atoms with Crippen molar-refractivity contribution in [1.82, 2.24) is 10.2 Å². The van der Waals surface area contributed by atoms with Crippen LogP contribution >= 0.6 is 12.2 Å². The number of hydrogen-bond acceptors (Lipinski definition) is 7. The van der Waals surface area contributed by atoms with Crippen LogP contribution in [0.5, 0.6) is 11.5 Å². The van der Waals surface area contributed by atoms with Gasteiger partial charge in [0, 0.05) is 30.6 Å². The summed E-state index contributed by atoms with van der Waals surface area (Å²) in [5.41, 5.74) is 2.94. The van der Waals surface area contributed by atoms with Crippen LogP contribution in [0, 0.1) is 0 Å². The number of fused-ring (bicyclic) bond motifs is 1. The lowest BCUT2D eigenvalue weighted by molar-refractivity contribution is -0.140. The number of benzene rings is 2. The van der Waals surface area contributed by atoms with Crippen LogP contribution in [0.25, 0.3) is 0 Å². The van der Waals surface area contributed by atoms with Crippen LogP contribution in [0.2, 0.25) is 0 Å². The predicted molar refractivity (Wildman–Crippen MR) is 133 cm³/mol. The van der Waals surface area contributed by atoms with Gasteiger partial charge in [0.2, 0.25) is 6.79 Å². The topological polar surface area (TPSA) is 98.4 Å². The highest BCUT2D eigenvalue weighted by molar-refractivity contribution is 7.80. The third-order valence-electron chi connectivity index (χ3n) is 5.77. The molecule has 0 bridgehead atoms. The molecular weight excluding hydrogens is 470 g/mol. The van der Waals surface area contributed by atoms with Gasteiger partial charge in [0.15, 0.2) is 16.6 Å². The van der Waals surface area contributed by atoms with Gasteiger partial charge in [-0.15, -0.1) is 0 Å². The summed E-state index contributed by atoms with van der Waals surface area (Å²) in [5, 5.41) is 6.66.